The molecule has 1 aromatic rings. The van der Waals surface area contributed by atoms with Gasteiger partial charge in [0.1, 0.15) is 0 Å². The summed E-state index contributed by atoms with van der Waals surface area (Å²) in [4.78, 5) is 0.308. The van der Waals surface area contributed by atoms with Crippen molar-refractivity contribution in [1.29, 1.82) is 0 Å². The molecule has 6 heteroatoms. The minimum Gasteiger partial charge on any atom is -0.313 e. The fourth-order valence-electron chi connectivity index (χ4n) is 2.06. The Morgan fingerprint density at radius 3 is 2.48 bits per heavy atom. The molecule has 0 radical (unpaired) electrons. The number of halogens is 1. The van der Waals surface area contributed by atoms with Crippen LogP contribution in [0.3, 0.4) is 0 Å². The lowest BCUT2D eigenvalue weighted by atomic mass is 10.2. The van der Waals surface area contributed by atoms with E-state index >= 15 is 0 Å². The first-order chi connectivity index (χ1) is 9.82. The highest BCUT2D eigenvalue weighted by Crippen LogP contribution is 2.23. The number of nitrogens with zero attached hydrogens (tertiary/aromatic N) is 1. The predicted molar refractivity (Wildman–Crippen MR) is 88.1 cm³/mol. The van der Waals surface area contributed by atoms with Crippen molar-refractivity contribution >= 4 is 21.6 Å². The number of rotatable bonds is 8. The topological polar surface area (TPSA) is 49.4 Å². The van der Waals surface area contributed by atoms with E-state index in [0.29, 0.717) is 29.6 Å². The van der Waals surface area contributed by atoms with E-state index in [0.717, 1.165) is 12.1 Å². The summed E-state index contributed by atoms with van der Waals surface area (Å²) in [5.74, 6) is 0.285. The van der Waals surface area contributed by atoms with Gasteiger partial charge in [-0.2, -0.15) is 4.31 Å². The van der Waals surface area contributed by atoms with Gasteiger partial charge in [-0.05, 0) is 36.2 Å². The van der Waals surface area contributed by atoms with Crippen LogP contribution >= 0.6 is 11.6 Å². The van der Waals surface area contributed by atoms with Gasteiger partial charge in [-0.15, -0.1) is 0 Å². The zero-order valence-corrected chi connectivity index (χ0v) is 14.8. The van der Waals surface area contributed by atoms with Gasteiger partial charge in [-0.3, -0.25) is 0 Å². The van der Waals surface area contributed by atoms with Crippen LogP contribution in [-0.2, 0) is 16.6 Å². The van der Waals surface area contributed by atoms with Crippen LogP contribution in [0, 0.1) is 5.92 Å². The van der Waals surface area contributed by atoms with Gasteiger partial charge in [-0.25, -0.2) is 8.42 Å². The van der Waals surface area contributed by atoms with E-state index in [2.05, 4.69) is 5.32 Å². The van der Waals surface area contributed by atoms with Gasteiger partial charge in [-0.1, -0.05) is 39.3 Å². The van der Waals surface area contributed by atoms with E-state index in [-0.39, 0.29) is 5.92 Å². The van der Waals surface area contributed by atoms with Crippen LogP contribution < -0.4 is 5.32 Å². The zero-order chi connectivity index (χ0) is 16.0. The van der Waals surface area contributed by atoms with Crippen LogP contribution in [0.1, 0.15) is 33.3 Å². The highest BCUT2D eigenvalue weighted by atomic mass is 35.5. The molecule has 0 saturated carbocycles. The van der Waals surface area contributed by atoms with E-state index in [1.165, 1.54) is 4.31 Å². The predicted octanol–water partition coefficient (Wildman–Crippen LogP) is 3.12. The molecule has 1 N–H and O–H groups in total. The maximum Gasteiger partial charge on any atom is 0.243 e. The fraction of sp³-hybridized carbons (Fsp3) is 0.600. The summed E-state index contributed by atoms with van der Waals surface area (Å²) in [6.45, 7) is 10.2. The molecule has 0 saturated heterocycles. The molecule has 0 aliphatic heterocycles. The molecule has 0 fully saturated rings. The molecular weight excluding hydrogens is 308 g/mol. The molecule has 4 nitrogen and oxygen atoms in total. The van der Waals surface area contributed by atoms with E-state index < -0.39 is 10.0 Å². The summed E-state index contributed by atoms with van der Waals surface area (Å²) in [6.07, 6.45) is 0. The van der Waals surface area contributed by atoms with Crippen molar-refractivity contribution in [3.05, 3.63) is 28.8 Å². The molecular formula is C15H25ClN2O2S. The third-order valence-corrected chi connectivity index (χ3v) is 5.45. The van der Waals surface area contributed by atoms with Gasteiger partial charge < -0.3 is 5.32 Å². The molecule has 1 aromatic carbocycles. The Morgan fingerprint density at radius 1 is 1.29 bits per heavy atom. The maximum atomic E-state index is 12.7. The Bertz CT molecular complexity index is 559. The van der Waals surface area contributed by atoms with Crippen molar-refractivity contribution in [3.8, 4) is 0 Å². The molecule has 0 atom stereocenters. The van der Waals surface area contributed by atoms with E-state index in [1.54, 1.807) is 18.2 Å². The Morgan fingerprint density at radius 2 is 1.95 bits per heavy atom. The summed E-state index contributed by atoms with van der Waals surface area (Å²) in [5, 5.41) is 3.75. The van der Waals surface area contributed by atoms with Gasteiger partial charge in [0.25, 0.3) is 0 Å². The normalized spacial score (nSPS) is 12.3. The molecule has 0 aliphatic rings. The third-order valence-electron chi connectivity index (χ3n) is 3.14. The summed E-state index contributed by atoms with van der Waals surface area (Å²) >= 11 is 6.13. The lowest BCUT2D eigenvalue weighted by Gasteiger charge is -2.22. The Kier molecular flexibility index (Phi) is 7.13. The summed E-state index contributed by atoms with van der Waals surface area (Å²) in [5.41, 5.74) is 0.806. The first-order valence-corrected chi connectivity index (χ1v) is 9.14. The van der Waals surface area contributed by atoms with Crippen LogP contribution in [0.25, 0.3) is 0 Å². The molecule has 0 heterocycles. The molecule has 1 rings (SSSR count). The largest absolute Gasteiger partial charge is 0.313 e. The van der Waals surface area contributed by atoms with Crippen LogP contribution in [0.4, 0.5) is 0 Å². The highest BCUT2D eigenvalue weighted by Gasteiger charge is 2.24. The summed E-state index contributed by atoms with van der Waals surface area (Å²) in [7, 11) is -3.46. The van der Waals surface area contributed by atoms with Gasteiger partial charge in [0.05, 0.1) is 4.90 Å². The fourth-order valence-corrected chi connectivity index (χ4v) is 3.91. The van der Waals surface area contributed by atoms with Gasteiger partial charge in [0.2, 0.25) is 10.0 Å². The molecule has 0 unspecified atom stereocenters. The van der Waals surface area contributed by atoms with Gasteiger partial charge in [0.15, 0.2) is 0 Å². The SMILES string of the molecule is CCNCc1cc(S(=O)(=O)N(CC)CC(C)C)ccc1Cl. The Balaban J connectivity index is 3.12. The molecule has 0 aliphatic carbocycles. The minimum absolute atomic E-state index is 0.285. The summed E-state index contributed by atoms with van der Waals surface area (Å²) < 4.78 is 26.9. The second-order valence-corrected chi connectivity index (χ2v) is 7.73. The van der Waals surface area contributed by atoms with Crippen LogP contribution in [0.5, 0.6) is 0 Å². The van der Waals surface area contributed by atoms with E-state index in [4.69, 9.17) is 11.6 Å². The number of hydrogen-bond acceptors (Lipinski definition) is 3. The first kappa shape index (κ1) is 18.4. The first-order valence-electron chi connectivity index (χ1n) is 7.32. The van der Waals surface area contributed by atoms with Gasteiger partial charge in [0, 0.05) is 24.7 Å². The second-order valence-electron chi connectivity index (χ2n) is 5.38. The molecule has 120 valence electrons. The minimum atomic E-state index is -3.46. The lowest BCUT2D eigenvalue weighted by Crippen LogP contribution is -2.34. The van der Waals surface area contributed by atoms with Crippen molar-refractivity contribution in [3.63, 3.8) is 0 Å². The maximum absolute atomic E-state index is 12.7. The van der Waals surface area contributed by atoms with Crippen molar-refractivity contribution in [2.24, 2.45) is 5.92 Å². The quantitative estimate of drug-likeness (QED) is 0.795. The number of benzene rings is 1. The smallest absolute Gasteiger partial charge is 0.243 e. The molecule has 21 heavy (non-hydrogen) atoms. The van der Waals surface area contributed by atoms with Crippen LogP contribution in [0.15, 0.2) is 23.1 Å². The van der Waals surface area contributed by atoms with Crippen LogP contribution in [0.2, 0.25) is 5.02 Å². The van der Waals surface area contributed by atoms with Crippen LogP contribution in [-0.4, -0.2) is 32.4 Å². The number of sulfonamides is 1. The Labute approximate surface area is 133 Å². The number of hydrogen-bond donors (Lipinski definition) is 1. The average Bonchev–Trinajstić information content (AvgIpc) is 2.43. The van der Waals surface area contributed by atoms with Crippen molar-refractivity contribution < 1.29 is 8.42 Å². The van der Waals surface area contributed by atoms with Crippen molar-refractivity contribution in [2.75, 3.05) is 19.6 Å². The Hall–Kier alpha value is -0.620. The van der Waals surface area contributed by atoms with Crippen molar-refractivity contribution in [2.45, 2.75) is 39.1 Å². The molecule has 0 spiro atoms. The third kappa shape index (κ3) is 4.95. The zero-order valence-electron chi connectivity index (χ0n) is 13.2. The standard InChI is InChI=1S/C15H25ClN2O2S/c1-5-17-10-13-9-14(7-8-15(13)16)21(19,20)18(6-2)11-12(3)4/h7-9,12,17H,5-6,10-11H2,1-4H3. The molecule has 0 bridgehead atoms. The molecule has 0 aromatic heterocycles. The monoisotopic (exact) mass is 332 g/mol. The lowest BCUT2D eigenvalue weighted by molar-refractivity contribution is 0.381. The molecule has 0 amide bonds. The average molecular weight is 333 g/mol. The summed E-state index contributed by atoms with van der Waals surface area (Å²) in [6, 6.07) is 4.91. The second kappa shape index (κ2) is 8.13. The van der Waals surface area contributed by atoms with E-state index in [9.17, 15) is 8.42 Å². The van der Waals surface area contributed by atoms with Gasteiger partial charge >= 0.3 is 0 Å². The van der Waals surface area contributed by atoms with Crippen molar-refractivity contribution in [1.82, 2.24) is 9.62 Å². The number of nitrogens with one attached hydrogen (secondary N) is 1. The van der Waals surface area contributed by atoms with E-state index in [1.807, 2.05) is 27.7 Å². The highest BCUT2D eigenvalue weighted by molar-refractivity contribution is 7.89.